The number of thiocarbonyl (C=S) groups is 1. The summed E-state index contributed by atoms with van der Waals surface area (Å²) < 4.78 is 5.54. The number of aryl methyl sites for hydroxylation is 1. The molecule has 2 aliphatic heterocycles. The highest BCUT2D eigenvalue weighted by Crippen LogP contribution is 2.36. The average Bonchev–Trinajstić information content (AvgIpc) is 3.15. The lowest BCUT2D eigenvalue weighted by molar-refractivity contribution is 0.106. The first-order valence-electron chi connectivity index (χ1n) is 9.10. The van der Waals surface area contributed by atoms with Gasteiger partial charge in [0.25, 0.3) is 0 Å². The van der Waals surface area contributed by atoms with E-state index < -0.39 is 0 Å². The summed E-state index contributed by atoms with van der Waals surface area (Å²) >= 11 is 5.53. The first kappa shape index (κ1) is 16.6. The molecule has 4 rings (SSSR count). The Morgan fingerprint density at radius 3 is 2.68 bits per heavy atom. The van der Waals surface area contributed by atoms with Gasteiger partial charge in [0.2, 0.25) is 0 Å². The van der Waals surface area contributed by atoms with Gasteiger partial charge in [-0.25, -0.2) is 0 Å². The summed E-state index contributed by atoms with van der Waals surface area (Å²) in [5.74, 6) is 1.07. The number of anilines is 1. The van der Waals surface area contributed by atoms with Crippen LogP contribution in [0.4, 0.5) is 5.69 Å². The lowest BCUT2D eigenvalue weighted by Gasteiger charge is -2.39. The summed E-state index contributed by atoms with van der Waals surface area (Å²) in [6, 6.07) is 14.1. The van der Waals surface area contributed by atoms with E-state index >= 15 is 0 Å². The van der Waals surface area contributed by atoms with Gasteiger partial charge in [-0.1, -0.05) is 12.1 Å². The van der Waals surface area contributed by atoms with Crippen LogP contribution in [0.2, 0.25) is 0 Å². The number of piperidine rings is 1. The van der Waals surface area contributed by atoms with Gasteiger partial charge in [0, 0.05) is 23.8 Å². The van der Waals surface area contributed by atoms with Gasteiger partial charge < -0.3 is 15.1 Å². The van der Waals surface area contributed by atoms with Crippen molar-refractivity contribution < 1.29 is 4.42 Å². The predicted octanol–water partition coefficient (Wildman–Crippen LogP) is 4.07. The smallest absolute Gasteiger partial charge is 0.170 e. The number of hydrogen-bond donors (Lipinski definition) is 2. The van der Waals surface area contributed by atoms with Crippen molar-refractivity contribution in [2.45, 2.75) is 57.3 Å². The molecule has 2 aromatic rings. The van der Waals surface area contributed by atoms with E-state index in [4.69, 9.17) is 16.6 Å². The number of nitrogens with zero attached hydrogens (tertiary/aromatic N) is 1. The summed E-state index contributed by atoms with van der Waals surface area (Å²) in [5.41, 5.74) is 2.29. The van der Waals surface area contributed by atoms with E-state index in [1.54, 1.807) is 6.26 Å². The zero-order valence-corrected chi connectivity index (χ0v) is 15.4. The van der Waals surface area contributed by atoms with Crippen LogP contribution in [0.15, 0.2) is 47.1 Å². The van der Waals surface area contributed by atoms with Crippen molar-refractivity contribution in [2.24, 2.45) is 0 Å². The Kier molecular flexibility index (Phi) is 4.77. The maximum atomic E-state index is 5.54. The van der Waals surface area contributed by atoms with E-state index in [-0.39, 0.29) is 0 Å². The molecule has 25 heavy (non-hydrogen) atoms. The minimum Gasteiger partial charge on any atom is -0.468 e. The van der Waals surface area contributed by atoms with Crippen molar-refractivity contribution >= 4 is 23.0 Å². The minimum absolute atomic E-state index is 0.454. The molecule has 2 N–H and O–H groups in total. The number of fused-ring (bicyclic) bond motifs is 2. The van der Waals surface area contributed by atoms with Crippen molar-refractivity contribution in [2.75, 3.05) is 5.32 Å². The Hall–Kier alpha value is -1.85. The highest BCUT2D eigenvalue weighted by molar-refractivity contribution is 7.80. The van der Waals surface area contributed by atoms with Crippen LogP contribution in [0.1, 0.15) is 37.0 Å². The summed E-state index contributed by atoms with van der Waals surface area (Å²) in [6.07, 6.45) is 6.61. The molecule has 5 heteroatoms. The molecule has 2 atom stereocenters. The molecule has 2 saturated heterocycles. The van der Waals surface area contributed by atoms with Crippen LogP contribution in [0.3, 0.4) is 0 Å². The van der Waals surface area contributed by atoms with E-state index in [0.717, 1.165) is 35.9 Å². The standard InChI is InChI=1S/C20H25N3OS/c1-14-4-2-5-15(10-14)21-20(25)22-16-11-17-7-8-18(12-16)23(17)13-19-6-3-9-24-19/h2-6,9-10,16-18H,7-8,11-13H2,1H3,(H2,21,22,25)/t17-,18-/m1/s1. The molecule has 0 aliphatic carbocycles. The molecule has 0 unspecified atom stereocenters. The van der Waals surface area contributed by atoms with Gasteiger partial charge in [0.1, 0.15) is 5.76 Å². The van der Waals surface area contributed by atoms with E-state index in [1.807, 2.05) is 12.1 Å². The lowest BCUT2D eigenvalue weighted by Crippen LogP contribution is -2.50. The average molecular weight is 356 g/mol. The Balaban J connectivity index is 1.32. The first-order chi connectivity index (χ1) is 12.2. The molecule has 4 nitrogen and oxygen atoms in total. The molecule has 2 fully saturated rings. The fourth-order valence-electron chi connectivity index (χ4n) is 4.31. The van der Waals surface area contributed by atoms with Crippen molar-refractivity contribution in [1.82, 2.24) is 10.2 Å². The minimum atomic E-state index is 0.454. The molecule has 0 saturated carbocycles. The van der Waals surface area contributed by atoms with Crippen molar-refractivity contribution in [1.29, 1.82) is 0 Å². The Morgan fingerprint density at radius 1 is 1.20 bits per heavy atom. The topological polar surface area (TPSA) is 40.4 Å². The summed E-state index contributed by atoms with van der Waals surface area (Å²) in [6.45, 7) is 3.02. The Bertz CT molecular complexity index is 716. The number of nitrogens with one attached hydrogen (secondary N) is 2. The van der Waals surface area contributed by atoms with Crippen LogP contribution < -0.4 is 10.6 Å². The summed E-state index contributed by atoms with van der Waals surface area (Å²) in [7, 11) is 0. The zero-order chi connectivity index (χ0) is 17.2. The first-order valence-corrected chi connectivity index (χ1v) is 9.50. The van der Waals surface area contributed by atoms with Gasteiger partial charge >= 0.3 is 0 Å². The second-order valence-corrected chi connectivity index (χ2v) is 7.68. The largest absolute Gasteiger partial charge is 0.468 e. The van der Waals surface area contributed by atoms with Crippen molar-refractivity contribution in [3.8, 4) is 0 Å². The maximum absolute atomic E-state index is 5.54. The quantitative estimate of drug-likeness (QED) is 0.809. The third kappa shape index (κ3) is 3.88. The molecular weight excluding hydrogens is 330 g/mol. The van der Waals surface area contributed by atoms with Gasteiger partial charge in [0.15, 0.2) is 5.11 Å². The van der Waals surface area contributed by atoms with Crippen LogP contribution in [-0.2, 0) is 6.54 Å². The number of benzene rings is 1. The van der Waals surface area contributed by atoms with Gasteiger partial charge in [0.05, 0.1) is 12.8 Å². The number of hydrogen-bond acceptors (Lipinski definition) is 3. The fraction of sp³-hybridized carbons (Fsp3) is 0.450. The second kappa shape index (κ2) is 7.18. The highest BCUT2D eigenvalue weighted by atomic mass is 32.1. The van der Waals surface area contributed by atoms with Crippen molar-refractivity contribution in [3.05, 3.63) is 54.0 Å². The number of rotatable bonds is 4. The molecule has 0 radical (unpaired) electrons. The third-order valence-corrected chi connectivity index (χ3v) is 5.63. The van der Waals surface area contributed by atoms with Crippen LogP contribution in [0, 0.1) is 6.92 Å². The monoisotopic (exact) mass is 355 g/mol. The second-order valence-electron chi connectivity index (χ2n) is 7.27. The molecule has 0 amide bonds. The SMILES string of the molecule is Cc1cccc(NC(=S)NC2C[C@H]3CC[C@H](C2)N3Cc2ccco2)c1. The predicted molar refractivity (Wildman–Crippen MR) is 105 cm³/mol. The van der Waals surface area contributed by atoms with Crippen molar-refractivity contribution in [3.63, 3.8) is 0 Å². The van der Waals surface area contributed by atoms with E-state index in [0.29, 0.717) is 18.1 Å². The third-order valence-electron chi connectivity index (χ3n) is 5.41. The van der Waals surface area contributed by atoms with Gasteiger partial charge in [-0.05, 0) is 74.7 Å². The fourth-order valence-corrected chi connectivity index (χ4v) is 4.59. The van der Waals surface area contributed by atoms with Gasteiger partial charge in [-0.15, -0.1) is 0 Å². The molecule has 132 valence electrons. The highest BCUT2D eigenvalue weighted by Gasteiger charge is 2.41. The maximum Gasteiger partial charge on any atom is 0.170 e. The zero-order valence-electron chi connectivity index (χ0n) is 14.6. The Morgan fingerprint density at radius 2 is 2.00 bits per heavy atom. The number of furan rings is 1. The normalized spacial score (nSPS) is 25.7. The van der Waals surface area contributed by atoms with Crippen LogP contribution in [0.5, 0.6) is 0 Å². The van der Waals surface area contributed by atoms with Gasteiger partial charge in [-0.3, -0.25) is 4.90 Å². The van der Waals surface area contributed by atoms with E-state index in [1.165, 1.54) is 18.4 Å². The summed E-state index contributed by atoms with van der Waals surface area (Å²) in [5, 5.41) is 7.59. The molecule has 2 aliphatic rings. The molecular formula is C20H25N3OS. The van der Waals surface area contributed by atoms with Crippen LogP contribution >= 0.6 is 12.2 Å². The van der Waals surface area contributed by atoms with Gasteiger partial charge in [-0.2, -0.15) is 0 Å². The molecule has 0 spiro atoms. The van der Waals surface area contributed by atoms with Crippen LogP contribution in [-0.4, -0.2) is 28.1 Å². The lowest BCUT2D eigenvalue weighted by atomic mass is 9.97. The molecule has 2 bridgehead atoms. The van der Waals surface area contributed by atoms with E-state index in [9.17, 15) is 0 Å². The Labute approximate surface area is 154 Å². The molecule has 1 aromatic heterocycles. The molecule has 3 heterocycles. The molecule has 1 aromatic carbocycles. The van der Waals surface area contributed by atoms with E-state index in [2.05, 4.69) is 46.7 Å². The summed E-state index contributed by atoms with van der Waals surface area (Å²) in [4.78, 5) is 2.62. The van der Waals surface area contributed by atoms with Crippen LogP contribution in [0.25, 0.3) is 0 Å².